The van der Waals surface area contributed by atoms with E-state index in [1.54, 1.807) is 11.8 Å². The second kappa shape index (κ2) is 6.78. The minimum atomic E-state index is -0.506. The van der Waals surface area contributed by atoms with Gasteiger partial charge in [0.2, 0.25) is 5.91 Å². The van der Waals surface area contributed by atoms with Gasteiger partial charge in [-0.3, -0.25) is 14.7 Å². The van der Waals surface area contributed by atoms with E-state index >= 15 is 0 Å². The van der Waals surface area contributed by atoms with Crippen LogP contribution in [0.2, 0.25) is 0 Å². The van der Waals surface area contributed by atoms with E-state index in [-0.39, 0.29) is 23.7 Å². The van der Waals surface area contributed by atoms with Gasteiger partial charge in [-0.2, -0.15) is 9.50 Å². The molecule has 10 nitrogen and oxygen atoms in total. The van der Waals surface area contributed by atoms with Crippen molar-refractivity contribution in [3.63, 3.8) is 0 Å². The van der Waals surface area contributed by atoms with E-state index in [1.165, 1.54) is 10.6 Å². The van der Waals surface area contributed by atoms with E-state index < -0.39 is 5.60 Å². The van der Waals surface area contributed by atoms with Gasteiger partial charge >= 0.3 is 0 Å². The first-order chi connectivity index (χ1) is 12.5. The maximum atomic E-state index is 12.7. The van der Waals surface area contributed by atoms with Gasteiger partial charge in [-0.05, 0) is 6.92 Å². The Balaban J connectivity index is 1.49. The van der Waals surface area contributed by atoms with E-state index in [9.17, 15) is 9.59 Å². The van der Waals surface area contributed by atoms with Crippen molar-refractivity contribution in [3.8, 4) is 0 Å². The van der Waals surface area contributed by atoms with Crippen LogP contribution in [0.25, 0.3) is 5.78 Å². The van der Waals surface area contributed by atoms with Crippen LogP contribution in [0.1, 0.15) is 11.5 Å². The largest absolute Gasteiger partial charge is 0.377 e. The van der Waals surface area contributed by atoms with Crippen LogP contribution < -0.4 is 10.9 Å². The average Bonchev–Trinajstić information content (AvgIpc) is 2.87. The number of nitrogens with zero attached hydrogens (tertiary/aromatic N) is 4. The Morgan fingerprint density at radius 2 is 2.27 bits per heavy atom. The van der Waals surface area contributed by atoms with Crippen molar-refractivity contribution in [2.75, 3.05) is 46.0 Å². The van der Waals surface area contributed by atoms with Crippen molar-refractivity contribution in [3.05, 3.63) is 27.9 Å². The maximum Gasteiger partial charge on any atom is 0.274 e. The molecule has 0 bridgehead atoms. The lowest BCUT2D eigenvalue weighted by molar-refractivity contribution is -0.157. The monoisotopic (exact) mass is 362 g/mol. The van der Waals surface area contributed by atoms with Gasteiger partial charge in [0.05, 0.1) is 32.8 Å². The molecule has 2 aromatic rings. The number of hydrogen-bond donors (Lipinski definition) is 2. The van der Waals surface area contributed by atoms with Crippen molar-refractivity contribution in [2.45, 2.75) is 18.9 Å². The van der Waals surface area contributed by atoms with Crippen LogP contribution in [0, 0.1) is 6.92 Å². The van der Waals surface area contributed by atoms with E-state index in [0.717, 1.165) is 6.54 Å². The first kappa shape index (κ1) is 17.1. The molecule has 2 saturated heterocycles. The number of H-pyrrole nitrogens is 1. The standard InChI is InChI=1S/C16H22N6O4/c1-11-6-14(24)22-15(18-11)19-12(20-22)7-13(23)21-3-5-26-16(9-21)8-17-2-4-25-10-16/h6,17H,2-5,7-10H2,1H3,(H,18,19,20). The summed E-state index contributed by atoms with van der Waals surface area (Å²) in [6.45, 7) is 5.73. The molecule has 1 atom stereocenters. The van der Waals surface area contributed by atoms with E-state index in [1.807, 2.05) is 0 Å². The summed E-state index contributed by atoms with van der Waals surface area (Å²) in [5, 5.41) is 6.15. The summed E-state index contributed by atoms with van der Waals surface area (Å²) >= 11 is 0. The van der Waals surface area contributed by atoms with Crippen LogP contribution in [0.3, 0.4) is 0 Å². The first-order valence-corrected chi connectivity index (χ1v) is 8.70. The highest BCUT2D eigenvalue weighted by atomic mass is 16.5. The number of aromatic nitrogens is 4. The lowest BCUT2D eigenvalue weighted by Crippen LogP contribution is -2.59. The fraction of sp³-hybridized carbons (Fsp3) is 0.625. The first-order valence-electron chi connectivity index (χ1n) is 8.70. The van der Waals surface area contributed by atoms with Crippen molar-refractivity contribution < 1.29 is 14.3 Å². The summed E-state index contributed by atoms with van der Waals surface area (Å²) in [6, 6.07) is 1.42. The van der Waals surface area contributed by atoms with Gasteiger partial charge in [0.15, 0.2) is 0 Å². The Labute approximate surface area is 149 Å². The Kier molecular flexibility index (Phi) is 4.47. The molecular weight excluding hydrogens is 340 g/mol. The highest BCUT2D eigenvalue weighted by Gasteiger charge is 2.39. The molecule has 2 fully saturated rings. The van der Waals surface area contributed by atoms with Gasteiger partial charge in [-0.15, -0.1) is 0 Å². The smallest absolute Gasteiger partial charge is 0.274 e. The normalized spacial score (nSPS) is 24.1. The second-order valence-corrected chi connectivity index (χ2v) is 6.79. The van der Waals surface area contributed by atoms with Gasteiger partial charge in [-0.25, -0.2) is 4.98 Å². The second-order valence-electron chi connectivity index (χ2n) is 6.79. The molecule has 4 heterocycles. The summed E-state index contributed by atoms with van der Waals surface area (Å²) in [6.07, 6.45) is 0.0756. The van der Waals surface area contributed by atoms with Crippen LogP contribution in [-0.4, -0.2) is 82.0 Å². The van der Waals surface area contributed by atoms with Gasteiger partial charge in [0, 0.05) is 31.4 Å². The number of ether oxygens (including phenoxy) is 2. The summed E-state index contributed by atoms with van der Waals surface area (Å²) < 4.78 is 12.8. The summed E-state index contributed by atoms with van der Waals surface area (Å²) in [5.74, 6) is 0.624. The predicted octanol–water partition coefficient (Wildman–Crippen LogP) is -1.51. The number of hydrogen-bond acceptors (Lipinski definition) is 7. The molecule has 0 radical (unpaired) electrons. The Morgan fingerprint density at radius 3 is 3.15 bits per heavy atom. The quantitative estimate of drug-likeness (QED) is 0.667. The molecule has 1 amide bonds. The number of amides is 1. The molecule has 0 aromatic carbocycles. The zero-order chi connectivity index (χ0) is 18.1. The Hall–Kier alpha value is -2.30. The summed E-state index contributed by atoms with van der Waals surface area (Å²) in [5.41, 5.74) is -0.158. The molecule has 2 N–H and O–H groups in total. The van der Waals surface area contributed by atoms with Crippen LogP contribution >= 0.6 is 0 Å². The SMILES string of the molecule is Cc1cc(=O)n2[nH]c(CC(=O)N3CCOC4(CNCCOC4)C3)nc2n1. The summed E-state index contributed by atoms with van der Waals surface area (Å²) in [7, 11) is 0. The molecule has 0 aliphatic carbocycles. The molecule has 2 aromatic heterocycles. The van der Waals surface area contributed by atoms with Crippen molar-refractivity contribution >= 4 is 11.7 Å². The number of fused-ring (bicyclic) bond motifs is 1. The van der Waals surface area contributed by atoms with Gasteiger partial charge in [-0.1, -0.05) is 0 Å². The van der Waals surface area contributed by atoms with Crippen LogP contribution in [0.4, 0.5) is 0 Å². The molecular formula is C16H22N6O4. The maximum absolute atomic E-state index is 12.7. The molecule has 0 saturated carbocycles. The van der Waals surface area contributed by atoms with Gasteiger partial charge in [0.1, 0.15) is 11.4 Å². The highest BCUT2D eigenvalue weighted by Crippen LogP contribution is 2.20. The molecule has 1 unspecified atom stereocenters. The van der Waals surface area contributed by atoms with Crippen molar-refractivity contribution in [1.29, 1.82) is 0 Å². The number of carbonyl (C=O) groups excluding carboxylic acids is 1. The van der Waals surface area contributed by atoms with E-state index in [4.69, 9.17) is 9.47 Å². The zero-order valence-corrected chi connectivity index (χ0v) is 14.7. The molecule has 10 heteroatoms. The van der Waals surface area contributed by atoms with E-state index in [0.29, 0.717) is 51.0 Å². The van der Waals surface area contributed by atoms with Crippen LogP contribution in [-0.2, 0) is 20.7 Å². The Morgan fingerprint density at radius 1 is 1.38 bits per heavy atom. The topological polar surface area (TPSA) is 114 Å². The fourth-order valence-corrected chi connectivity index (χ4v) is 3.39. The zero-order valence-electron chi connectivity index (χ0n) is 14.7. The number of aromatic amines is 1. The highest BCUT2D eigenvalue weighted by molar-refractivity contribution is 5.78. The minimum absolute atomic E-state index is 0.0688. The predicted molar refractivity (Wildman–Crippen MR) is 91.0 cm³/mol. The molecule has 26 heavy (non-hydrogen) atoms. The van der Waals surface area contributed by atoms with Crippen LogP contribution in [0.5, 0.6) is 0 Å². The molecule has 1 spiro atoms. The van der Waals surface area contributed by atoms with E-state index in [2.05, 4.69) is 20.4 Å². The molecule has 2 aliphatic rings. The molecule has 4 rings (SSSR count). The average molecular weight is 362 g/mol. The fourth-order valence-electron chi connectivity index (χ4n) is 3.39. The lowest BCUT2D eigenvalue weighted by Gasteiger charge is -2.41. The third kappa shape index (κ3) is 3.35. The number of carbonyl (C=O) groups is 1. The third-order valence-electron chi connectivity index (χ3n) is 4.66. The lowest BCUT2D eigenvalue weighted by atomic mass is 10.0. The number of rotatable bonds is 2. The minimum Gasteiger partial charge on any atom is -0.377 e. The third-order valence-corrected chi connectivity index (χ3v) is 4.66. The van der Waals surface area contributed by atoms with Gasteiger partial charge in [0.25, 0.3) is 11.3 Å². The summed E-state index contributed by atoms with van der Waals surface area (Å²) in [4.78, 5) is 35.0. The Bertz CT molecular complexity index is 867. The number of morpholine rings is 1. The van der Waals surface area contributed by atoms with Crippen molar-refractivity contribution in [1.82, 2.24) is 29.8 Å². The number of nitrogens with one attached hydrogen (secondary N) is 2. The van der Waals surface area contributed by atoms with Crippen LogP contribution in [0.15, 0.2) is 10.9 Å². The molecule has 140 valence electrons. The van der Waals surface area contributed by atoms with Crippen molar-refractivity contribution in [2.24, 2.45) is 0 Å². The number of aryl methyl sites for hydroxylation is 1. The molecule has 2 aliphatic heterocycles. The van der Waals surface area contributed by atoms with Gasteiger partial charge < -0.3 is 19.7 Å².